The van der Waals surface area contributed by atoms with Crippen LogP contribution in [0.2, 0.25) is 0 Å². The van der Waals surface area contributed by atoms with Gasteiger partial charge in [0.15, 0.2) is 0 Å². The normalized spacial score (nSPS) is 8.33. The van der Waals surface area contributed by atoms with Gasteiger partial charge in [0, 0.05) is 30.3 Å². The second-order valence-electron chi connectivity index (χ2n) is 3.64. The fourth-order valence-electron chi connectivity index (χ4n) is 0.0577. The van der Waals surface area contributed by atoms with E-state index in [1.165, 1.54) is 13.8 Å². The largest absolute Gasteiger partial charge is 0.478 e. The summed E-state index contributed by atoms with van der Waals surface area (Å²) in [6.07, 6.45) is 0. The molecule has 6 nitrogen and oxygen atoms in total. The van der Waals surface area contributed by atoms with Gasteiger partial charge in [-0.15, -0.1) is 0 Å². The van der Waals surface area contributed by atoms with E-state index in [0.717, 1.165) is 0 Å². The lowest BCUT2D eigenvalue weighted by molar-refractivity contribution is -0.133. The third-order valence-electron chi connectivity index (χ3n) is 1.35. The van der Waals surface area contributed by atoms with E-state index in [1.807, 2.05) is 0 Å². The molecule has 0 unspecified atom stereocenters. The third-order valence-corrected chi connectivity index (χ3v) is 1.35. The highest BCUT2D eigenvalue weighted by Gasteiger charge is 1.92. The predicted octanol–water partition coefficient (Wildman–Crippen LogP) is 0.901. The molecule has 0 bridgehead atoms. The van der Waals surface area contributed by atoms with Gasteiger partial charge in [-0.3, -0.25) is 0 Å². The molecule has 0 aliphatic heterocycles. The van der Waals surface area contributed by atoms with Crippen LogP contribution in [0.4, 0.5) is 0 Å². The molecule has 0 saturated carbocycles. The van der Waals surface area contributed by atoms with Crippen molar-refractivity contribution in [2.24, 2.45) is 5.92 Å². The fraction of sp³-hybridized carbons (Fsp3) is 0.500. The van der Waals surface area contributed by atoms with Crippen molar-refractivity contribution >= 4 is 11.9 Å². The highest BCUT2D eigenvalue weighted by molar-refractivity contribution is 5.85. The van der Waals surface area contributed by atoms with E-state index < -0.39 is 11.9 Å². The summed E-state index contributed by atoms with van der Waals surface area (Å²) in [4.78, 5) is 19.2. The monoisotopic (exact) mass is 262 g/mol. The Morgan fingerprint density at radius 2 is 1.11 bits per heavy atom. The van der Waals surface area contributed by atoms with Crippen molar-refractivity contribution in [2.75, 3.05) is 13.2 Å². The van der Waals surface area contributed by atoms with Gasteiger partial charge in [-0.1, -0.05) is 20.1 Å². The van der Waals surface area contributed by atoms with E-state index in [-0.39, 0.29) is 30.3 Å². The van der Waals surface area contributed by atoms with Gasteiger partial charge in [0.2, 0.25) is 0 Å². The van der Waals surface area contributed by atoms with Crippen molar-refractivity contribution in [2.45, 2.75) is 20.8 Å². The summed E-state index contributed by atoms with van der Waals surface area (Å²) in [5, 5.41) is 32.1. The Morgan fingerprint density at radius 1 is 0.944 bits per heavy atom. The molecule has 6 heteroatoms. The van der Waals surface area contributed by atoms with Crippen LogP contribution in [0.25, 0.3) is 0 Å². The zero-order valence-electron chi connectivity index (χ0n) is 11.0. The van der Waals surface area contributed by atoms with E-state index >= 15 is 0 Å². The van der Waals surface area contributed by atoms with E-state index in [9.17, 15) is 9.59 Å². The Bertz CT molecular complexity index is 230. The minimum atomic E-state index is -0.935. The van der Waals surface area contributed by atoms with Gasteiger partial charge in [0.1, 0.15) is 0 Å². The Morgan fingerprint density at radius 3 is 1.11 bits per heavy atom. The average molecular weight is 262 g/mol. The molecule has 4 N–H and O–H groups in total. The number of carbonyl (C=O) groups is 2. The molecule has 0 amide bonds. The molecular formula is C12H22O6. The average Bonchev–Trinajstić information content (AvgIpc) is 2.29. The van der Waals surface area contributed by atoms with E-state index in [4.69, 9.17) is 20.4 Å². The smallest absolute Gasteiger partial charge is 0.330 e. The van der Waals surface area contributed by atoms with Crippen LogP contribution < -0.4 is 0 Å². The first kappa shape index (κ1) is 21.6. The Kier molecular flexibility index (Phi) is 16.1. The summed E-state index contributed by atoms with van der Waals surface area (Å²) in [5.41, 5.74) is 0.352. The number of hydrogen-bond donors (Lipinski definition) is 4. The standard InChI is InChI=1S/C4H10O2.2C4H6O2/c1-4(2-5)3-6;2*1-3(2)4(5)6/h4-6H,2-3H2,1H3;2*1H2,2H3,(H,5,6). The highest BCUT2D eigenvalue weighted by atomic mass is 16.4. The van der Waals surface area contributed by atoms with E-state index in [0.29, 0.717) is 0 Å². The van der Waals surface area contributed by atoms with Gasteiger partial charge in [0.25, 0.3) is 0 Å². The van der Waals surface area contributed by atoms with Crippen molar-refractivity contribution in [3.8, 4) is 0 Å². The van der Waals surface area contributed by atoms with Gasteiger partial charge >= 0.3 is 11.9 Å². The third kappa shape index (κ3) is 23.9. The number of aliphatic carboxylic acids is 2. The lowest BCUT2D eigenvalue weighted by atomic mass is 10.2. The predicted molar refractivity (Wildman–Crippen MR) is 68.2 cm³/mol. The zero-order valence-corrected chi connectivity index (χ0v) is 11.0. The van der Waals surface area contributed by atoms with Crippen molar-refractivity contribution < 1.29 is 30.0 Å². The number of carboxylic acid groups (broad SMARTS) is 2. The van der Waals surface area contributed by atoms with Gasteiger partial charge in [-0.25, -0.2) is 9.59 Å². The first-order valence-electron chi connectivity index (χ1n) is 5.09. The Balaban J connectivity index is -0.000000187. The molecule has 0 heterocycles. The number of aliphatic hydroxyl groups is 2. The summed E-state index contributed by atoms with van der Waals surface area (Å²) < 4.78 is 0. The topological polar surface area (TPSA) is 115 Å². The number of hydrogen-bond acceptors (Lipinski definition) is 4. The second kappa shape index (κ2) is 13.4. The number of rotatable bonds is 4. The lowest BCUT2D eigenvalue weighted by Gasteiger charge is -1.97. The number of aliphatic hydroxyl groups excluding tert-OH is 2. The van der Waals surface area contributed by atoms with Crippen LogP contribution in [0.3, 0.4) is 0 Å². The van der Waals surface area contributed by atoms with Gasteiger partial charge in [-0.2, -0.15) is 0 Å². The minimum Gasteiger partial charge on any atom is -0.478 e. The minimum absolute atomic E-state index is 0.0463. The van der Waals surface area contributed by atoms with Crippen molar-refractivity contribution in [1.82, 2.24) is 0 Å². The molecule has 106 valence electrons. The Labute approximate surface area is 107 Å². The van der Waals surface area contributed by atoms with Crippen molar-refractivity contribution in [3.63, 3.8) is 0 Å². The van der Waals surface area contributed by atoms with Gasteiger partial charge < -0.3 is 20.4 Å². The van der Waals surface area contributed by atoms with E-state index in [1.54, 1.807) is 6.92 Å². The van der Waals surface area contributed by atoms with Gasteiger partial charge in [0.05, 0.1) is 0 Å². The summed E-state index contributed by atoms with van der Waals surface area (Å²) in [6.45, 7) is 11.1. The molecule has 0 spiro atoms. The maximum Gasteiger partial charge on any atom is 0.330 e. The van der Waals surface area contributed by atoms with Crippen LogP contribution >= 0.6 is 0 Å². The second-order valence-corrected chi connectivity index (χ2v) is 3.64. The summed E-state index contributed by atoms with van der Waals surface area (Å²) in [5.74, 6) is -1.82. The zero-order chi connectivity index (χ0) is 15.3. The summed E-state index contributed by atoms with van der Waals surface area (Å²) in [7, 11) is 0. The van der Waals surface area contributed by atoms with Crippen LogP contribution in [0.5, 0.6) is 0 Å². The van der Waals surface area contributed by atoms with Crippen molar-refractivity contribution in [1.29, 1.82) is 0 Å². The summed E-state index contributed by atoms with van der Waals surface area (Å²) in [6, 6.07) is 0. The highest BCUT2D eigenvalue weighted by Crippen LogP contribution is 1.85. The first-order valence-corrected chi connectivity index (χ1v) is 5.09. The molecule has 0 aromatic carbocycles. The summed E-state index contributed by atoms with van der Waals surface area (Å²) >= 11 is 0. The van der Waals surface area contributed by atoms with Gasteiger partial charge in [-0.05, 0) is 13.8 Å². The van der Waals surface area contributed by atoms with Crippen LogP contribution in [-0.2, 0) is 9.59 Å². The van der Waals surface area contributed by atoms with Crippen LogP contribution in [0.15, 0.2) is 24.3 Å². The molecule has 0 fully saturated rings. The molecule has 18 heavy (non-hydrogen) atoms. The fourth-order valence-corrected chi connectivity index (χ4v) is 0.0577. The molecule has 0 aliphatic rings. The molecule has 0 radical (unpaired) electrons. The maximum absolute atomic E-state index is 9.60. The maximum atomic E-state index is 9.60. The molecule has 0 aliphatic carbocycles. The quantitative estimate of drug-likeness (QED) is 0.559. The lowest BCUT2D eigenvalue weighted by Crippen LogP contribution is -2.04. The molecule has 0 atom stereocenters. The molecule has 0 aromatic rings. The Hall–Kier alpha value is -1.66. The van der Waals surface area contributed by atoms with Crippen LogP contribution in [0.1, 0.15) is 20.8 Å². The van der Waals surface area contributed by atoms with E-state index in [2.05, 4.69) is 13.2 Å². The molecule has 0 rings (SSSR count). The first-order chi connectivity index (χ1) is 8.09. The van der Waals surface area contributed by atoms with Crippen molar-refractivity contribution in [3.05, 3.63) is 24.3 Å². The molecule has 0 aromatic heterocycles. The SMILES string of the molecule is C=C(C)C(=O)O.C=C(C)C(=O)O.CC(CO)CO. The van der Waals surface area contributed by atoms with Crippen LogP contribution in [-0.4, -0.2) is 45.6 Å². The van der Waals surface area contributed by atoms with Crippen LogP contribution in [0, 0.1) is 5.92 Å². The number of carboxylic acids is 2. The molecule has 0 saturated heterocycles. The molecular weight excluding hydrogens is 240 g/mol.